The highest BCUT2D eigenvalue weighted by Crippen LogP contribution is 2.38. The van der Waals surface area contributed by atoms with Gasteiger partial charge in [0, 0.05) is 151 Å². The predicted octanol–water partition coefficient (Wildman–Crippen LogP) is 19.9. The number of ether oxygens (including phenoxy) is 10. The van der Waals surface area contributed by atoms with Gasteiger partial charge in [0.1, 0.15) is 48.4 Å². The van der Waals surface area contributed by atoms with Gasteiger partial charge >= 0.3 is 23.6 Å². The first-order valence-corrected chi connectivity index (χ1v) is 41.7. The smallest absolute Gasteiger partial charge is 0.417 e. The number of benzene rings is 10. The average Bonchev–Trinajstić information content (AvgIpc) is 1.66. The van der Waals surface area contributed by atoms with Crippen LogP contribution in [-0.4, -0.2) is 149 Å². The van der Waals surface area contributed by atoms with Crippen LogP contribution in [-0.2, 0) is 16.2 Å². The van der Waals surface area contributed by atoms with Crippen LogP contribution in [0.5, 0.6) is 57.5 Å². The van der Waals surface area contributed by atoms with E-state index in [1.54, 1.807) is 149 Å². The molecule has 12 N–H and O–H groups in total. The molecule has 0 aliphatic heterocycles. The predicted molar refractivity (Wildman–Crippen MR) is 517 cm³/mol. The molecule has 17 rings (SSSR count). The lowest BCUT2D eigenvalue weighted by atomic mass is 9.92. The molecule has 0 bridgehead atoms. The highest BCUT2D eigenvalue weighted by atomic mass is 35.5. The van der Waals surface area contributed by atoms with E-state index < -0.39 is 17.6 Å². The van der Waals surface area contributed by atoms with E-state index in [0.717, 1.165) is 89.7 Å². The number of hydrogen-bond acceptors (Lipinski definition) is 24. The number of methoxy groups -OCH3 is 8. The fourth-order valence-electron chi connectivity index (χ4n) is 13.1. The van der Waals surface area contributed by atoms with Gasteiger partial charge in [-0.2, -0.15) is 20.0 Å². The van der Waals surface area contributed by atoms with E-state index in [0.29, 0.717) is 92.0 Å². The number of fused-ring (bicyclic) bond motifs is 4. The summed E-state index contributed by atoms with van der Waals surface area (Å²) in [6.45, 7) is 18.6. The van der Waals surface area contributed by atoms with Crippen molar-refractivity contribution in [3.05, 3.63) is 267 Å². The van der Waals surface area contributed by atoms with Gasteiger partial charge in [-0.1, -0.05) is 98.7 Å². The molecule has 10 aromatic carbocycles. The Bertz CT molecular complexity index is 6830. The molecule has 0 saturated heterocycles. The number of amides is 4. The molecule has 7 aromatic heterocycles. The molecule has 4 amide bonds. The van der Waals surface area contributed by atoms with Crippen molar-refractivity contribution in [3.8, 4) is 80.2 Å². The van der Waals surface area contributed by atoms with Crippen LogP contribution in [0.15, 0.2) is 250 Å². The van der Waals surface area contributed by atoms with E-state index in [9.17, 15) is 19.2 Å². The molecule has 0 atom stereocenters. The minimum Gasteiger partial charge on any atom is -0.493 e. The van der Waals surface area contributed by atoms with Crippen LogP contribution in [0.2, 0.25) is 0 Å². The van der Waals surface area contributed by atoms with Crippen molar-refractivity contribution in [2.75, 3.05) is 95.3 Å². The summed E-state index contributed by atoms with van der Waals surface area (Å²) in [5.74, 6) is 7.37. The maximum atomic E-state index is 12.7. The molecule has 0 fully saturated rings. The number of anilines is 7. The third kappa shape index (κ3) is 24.2. The van der Waals surface area contributed by atoms with Gasteiger partial charge in [0.25, 0.3) is 0 Å². The summed E-state index contributed by atoms with van der Waals surface area (Å²) in [7, 11) is 12.8. The first-order valence-electron chi connectivity index (χ1n) is 41.3. The summed E-state index contributed by atoms with van der Waals surface area (Å²) in [5, 5.41) is 29.2. The standard InChI is InChI=1S/2C23H26N6O3.C22H19N3O4.C15H15N3O2.C7H5ClO2.C7H13N3/c1-23(2,3)20-12-21(24)29(27-20)22(30)26-14-6-8-15(9-7-14)28-13-25-16-10-18(31-4)19(32-5)11-17(16)28;1-23(2,3)20-12-21(28-27-20)26-22(30)25-14-6-8-15(9-7-14)29-13-24-16-10-18(31-4)19(32-5)11-17(16)29;1-27-20-12-18-19(13-21(20)28-2)25(14-23-18)16-10-8-15(9-11-16)24-22(26)29-17-6-4-3-5-7-17;1-19-14-7-12-13(8-15(14)20-2)18(9-17-12)11-5-3-10(16)4-6-11;8-7(9)10-6-4-2-1-3-5-6;1-7(2,3)5-4-6(8)10-9-5/h6-13H,24H2,1-5H3,(H,26,30);6-13H,1-5H3,(H3,25,26,27,28,30);3-14H,1-2H3,(H,24,26);3-9H,16H2,1-2H3;1-5H;4H,1-3H3,(H3,8,9,10). The number of imidazole rings is 4. The first kappa shape index (κ1) is 95.4. The second-order valence-electron chi connectivity index (χ2n) is 32.5. The first-order chi connectivity index (χ1) is 63.7. The number of aromatic amines is 2. The van der Waals surface area contributed by atoms with Gasteiger partial charge in [-0.15, -0.1) is 0 Å². The molecule has 36 heteroatoms. The largest absolute Gasteiger partial charge is 0.493 e. The molecule has 688 valence electrons. The Balaban J connectivity index is 0.000000150. The third-order valence-corrected chi connectivity index (χ3v) is 20.3. The number of hydrogen-bond donors (Lipinski definition) is 9. The lowest BCUT2D eigenvalue weighted by molar-refractivity contribution is 0.215. The van der Waals surface area contributed by atoms with Gasteiger partial charge in [-0.25, -0.2) is 39.1 Å². The number of para-hydroxylation sites is 2. The zero-order chi connectivity index (χ0) is 95.4. The normalized spacial score (nSPS) is 11.0. The topological polar surface area (TPSA) is 433 Å². The fourth-order valence-corrected chi connectivity index (χ4v) is 13.2. The van der Waals surface area contributed by atoms with Crippen LogP contribution in [0.25, 0.3) is 66.9 Å². The zero-order valence-electron chi connectivity index (χ0n) is 76.4. The molecule has 35 nitrogen and oxygen atoms in total. The summed E-state index contributed by atoms with van der Waals surface area (Å²) in [5.41, 5.74) is 32.0. The van der Waals surface area contributed by atoms with E-state index in [-0.39, 0.29) is 22.3 Å². The summed E-state index contributed by atoms with van der Waals surface area (Å²) >= 11 is 4.95. The number of H-pyrrole nitrogens is 2. The molecular formula is C97H104ClN21O14. The lowest BCUT2D eigenvalue weighted by Crippen LogP contribution is -2.23. The zero-order valence-corrected chi connectivity index (χ0v) is 77.1. The van der Waals surface area contributed by atoms with Gasteiger partial charge in [-0.05, 0) is 121 Å². The van der Waals surface area contributed by atoms with Gasteiger partial charge in [0.2, 0.25) is 0 Å². The number of nitrogens with two attached hydrogens (primary N) is 3. The highest BCUT2D eigenvalue weighted by molar-refractivity contribution is 6.61. The maximum absolute atomic E-state index is 12.7. The number of nitrogens with one attached hydrogen (secondary N) is 6. The SMILES string of the molecule is CC(C)(C)c1cc(N)n[nH]1.COc1cc2ncn(-c3ccc(N)cc3)c2cc1OC.COc1cc2ncn(-c3ccc(NC(=O)Nc4cc(C(C)(C)C)[nH]n4)cc3)c2cc1OC.COc1cc2ncn(-c3ccc(NC(=O)Oc4ccccc4)cc3)c2cc1OC.COc1cc2ncn(-c3ccc(NC(=O)n4nc(C(C)(C)C)cc4N)cc3)c2cc1OC.O=C(Cl)Oc1ccccc1. The van der Waals surface area contributed by atoms with Crippen LogP contribution in [0.1, 0.15) is 79.4 Å². The number of carbonyl (C=O) groups is 4. The molecule has 0 unspecified atom stereocenters. The molecular weight excluding hydrogens is 1720 g/mol. The Kier molecular flexibility index (Phi) is 30.5. The molecule has 0 radical (unpaired) electrons. The third-order valence-electron chi connectivity index (χ3n) is 20.2. The van der Waals surface area contributed by atoms with Crippen LogP contribution < -0.4 is 85.8 Å². The molecule has 7 heterocycles. The van der Waals surface area contributed by atoms with Crippen molar-refractivity contribution >= 4 is 120 Å². The second kappa shape index (κ2) is 42.5. The van der Waals surface area contributed by atoms with Crippen molar-refractivity contribution in [2.45, 2.75) is 78.6 Å². The number of halogens is 1. The van der Waals surface area contributed by atoms with E-state index >= 15 is 0 Å². The van der Waals surface area contributed by atoms with Gasteiger partial charge in [0.05, 0.1) is 107 Å². The molecule has 0 aliphatic carbocycles. The minimum atomic E-state index is -0.814. The molecule has 133 heavy (non-hydrogen) atoms. The summed E-state index contributed by atoms with van der Waals surface area (Å²) < 4.78 is 61.6. The average molecular weight is 1820 g/mol. The maximum Gasteiger partial charge on any atom is 0.417 e. The number of aromatic nitrogens is 14. The van der Waals surface area contributed by atoms with E-state index in [2.05, 4.69) is 113 Å². The summed E-state index contributed by atoms with van der Waals surface area (Å²) in [4.78, 5) is 64.9. The Labute approximate surface area is 771 Å². The minimum absolute atomic E-state index is 0.0775. The van der Waals surface area contributed by atoms with Crippen molar-refractivity contribution in [2.24, 2.45) is 0 Å². The van der Waals surface area contributed by atoms with Gasteiger partial charge in [-0.3, -0.25) is 39.1 Å². The molecule has 0 spiro atoms. The number of urea groups is 1. The lowest BCUT2D eigenvalue weighted by Gasteiger charge is -2.14. The second-order valence-corrected chi connectivity index (χ2v) is 32.8. The summed E-state index contributed by atoms with van der Waals surface area (Å²) in [6.07, 6.45) is 6.43. The number of rotatable bonds is 18. The highest BCUT2D eigenvalue weighted by Gasteiger charge is 2.24. The van der Waals surface area contributed by atoms with Crippen LogP contribution in [0.4, 0.5) is 59.4 Å². The molecule has 0 aliphatic rings. The monoisotopic (exact) mass is 1820 g/mol. The van der Waals surface area contributed by atoms with Crippen LogP contribution in [0.3, 0.4) is 0 Å². The van der Waals surface area contributed by atoms with Crippen molar-refractivity contribution in [1.29, 1.82) is 0 Å². The van der Waals surface area contributed by atoms with E-state index in [1.807, 2.05) is 197 Å². The van der Waals surface area contributed by atoms with E-state index in [1.165, 1.54) is 4.68 Å². The van der Waals surface area contributed by atoms with Gasteiger partial charge in [0.15, 0.2) is 51.8 Å². The molecule has 17 aromatic rings. The van der Waals surface area contributed by atoms with Crippen LogP contribution in [0, 0.1) is 0 Å². The fraction of sp³-hybridized carbons (Fsp3) is 0.206. The van der Waals surface area contributed by atoms with Crippen molar-refractivity contribution < 1.29 is 66.5 Å². The Morgan fingerprint density at radius 2 is 0.692 bits per heavy atom. The molecule has 0 saturated carbocycles. The van der Waals surface area contributed by atoms with Crippen molar-refractivity contribution in [3.63, 3.8) is 0 Å². The Morgan fingerprint density at radius 1 is 0.361 bits per heavy atom. The number of carbonyl (C=O) groups excluding carboxylic acids is 4. The Morgan fingerprint density at radius 3 is 1.01 bits per heavy atom. The quantitative estimate of drug-likeness (QED) is 0.0284. The number of nitrogens with zero attached hydrogens (tertiary/aromatic N) is 12. The van der Waals surface area contributed by atoms with E-state index in [4.69, 9.17) is 71.4 Å². The van der Waals surface area contributed by atoms with Gasteiger partial charge < -0.3 is 75.2 Å². The van der Waals surface area contributed by atoms with Crippen molar-refractivity contribution in [1.82, 2.24) is 68.4 Å². The van der Waals surface area contributed by atoms with Crippen LogP contribution >= 0.6 is 11.6 Å². The summed E-state index contributed by atoms with van der Waals surface area (Å²) in [6, 6.07) is 66.9. The Hall–Kier alpha value is -16.7. The number of nitrogen functional groups attached to an aromatic ring is 3.